The van der Waals surface area contributed by atoms with Gasteiger partial charge in [0.15, 0.2) is 0 Å². The molecule has 0 aliphatic rings. The molecule has 12 aromatic rings. The number of benzene rings is 11. The van der Waals surface area contributed by atoms with Gasteiger partial charge in [0.1, 0.15) is 11.2 Å². The van der Waals surface area contributed by atoms with Gasteiger partial charge < -0.3 is 14.2 Å². The van der Waals surface area contributed by atoms with Gasteiger partial charge in [-0.1, -0.05) is 206 Å². The number of para-hydroxylation sites is 1. The topological polar surface area (TPSA) is 19.6 Å². The van der Waals surface area contributed by atoms with Crippen molar-refractivity contribution in [2.24, 2.45) is 0 Å². The molecule has 0 bridgehead atoms. The van der Waals surface area contributed by atoms with Crippen molar-refractivity contribution >= 4 is 66.8 Å². The predicted molar refractivity (Wildman–Crippen MR) is 282 cm³/mol. The molecule has 0 spiro atoms. The number of nitrogens with zero attached hydrogens (tertiary/aromatic N) is 2. The number of hydrogen-bond donors (Lipinski definition) is 0. The maximum atomic E-state index is 7.06. The van der Waals surface area contributed by atoms with Crippen LogP contribution in [0.5, 0.6) is 0 Å². The molecule has 0 N–H and O–H groups in total. The van der Waals surface area contributed by atoms with Gasteiger partial charge in [0.25, 0.3) is 0 Å². The lowest BCUT2D eigenvalue weighted by molar-refractivity contribution is 0.672. The highest BCUT2D eigenvalue weighted by Crippen LogP contribution is 2.53. The largest absolute Gasteiger partial charge is 0.455 e. The third kappa shape index (κ3) is 7.39. The lowest BCUT2D eigenvalue weighted by Crippen LogP contribution is -2.18. The summed E-state index contributed by atoms with van der Waals surface area (Å²) in [7, 11) is 0. The standard InChI is InChI=1S/C64H44N2O/c1-5-18-45(19-6-1)48-32-37-53(38-33-48)65(55-28-17-27-52(44-55)47-22-9-3-10-23-47)60-42-43-61-62(58-41-36-51-26-13-14-30-57(51)64(58)67-61)63(60)66(54-39-34-49(35-40-54)46-20-7-2-8-21-46)59-31-16-15-29-56(59)50-24-11-4-12-25-50/h1-44H. The van der Waals surface area contributed by atoms with Crippen LogP contribution in [0.4, 0.5) is 34.1 Å². The number of furan rings is 1. The van der Waals surface area contributed by atoms with E-state index >= 15 is 0 Å². The molecule has 0 aliphatic heterocycles. The van der Waals surface area contributed by atoms with E-state index < -0.39 is 0 Å². The Labute approximate surface area is 390 Å². The average Bonchev–Trinajstić information content (AvgIpc) is 3.80. The molecule has 0 aliphatic carbocycles. The van der Waals surface area contributed by atoms with Crippen LogP contribution in [0.3, 0.4) is 0 Å². The summed E-state index contributed by atoms with van der Waals surface area (Å²) in [5.41, 5.74) is 17.0. The van der Waals surface area contributed by atoms with Crippen LogP contribution in [0.15, 0.2) is 271 Å². The van der Waals surface area contributed by atoms with E-state index in [4.69, 9.17) is 4.42 Å². The highest BCUT2D eigenvalue weighted by molar-refractivity contribution is 6.22. The van der Waals surface area contributed by atoms with Crippen molar-refractivity contribution in [1.82, 2.24) is 0 Å². The maximum absolute atomic E-state index is 7.06. The minimum absolute atomic E-state index is 0.811. The Bertz CT molecular complexity index is 3660. The first-order chi connectivity index (χ1) is 33.2. The van der Waals surface area contributed by atoms with Crippen LogP contribution >= 0.6 is 0 Å². The zero-order chi connectivity index (χ0) is 44.5. The monoisotopic (exact) mass is 856 g/mol. The van der Waals surface area contributed by atoms with Gasteiger partial charge in [-0.25, -0.2) is 0 Å². The number of hydrogen-bond acceptors (Lipinski definition) is 3. The van der Waals surface area contributed by atoms with Crippen molar-refractivity contribution in [3.8, 4) is 44.5 Å². The first-order valence-electron chi connectivity index (χ1n) is 22.8. The fourth-order valence-corrected chi connectivity index (χ4v) is 9.64. The van der Waals surface area contributed by atoms with Gasteiger partial charge in [0.05, 0.1) is 22.4 Å². The van der Waals surface area contributed by atoms with E-state index in [2.05, 4.69) is 277 Å². The second kappa shape index (κ2) is 17.2. The molecule has 3 heteroatoms. The van der Waals surface area contributed by atoms with Crippen molar-refractivity contribution < 1.29 is 4.42 Å². The number of anilines is 6. The smallest absolute Gasteiger partial charge is 0.143 e. The normalized spacial score (nSPS) is 11.3. The summed E-state index contributed by atoms with van der Waals surface area (Å²) in [6, 6.07) is 95.6. The summed E-state index contributed by atoms with van der Waals surface area (Å²) >= 11 is 0. The lowest BCUT2D eigenvalue weighted by Gasteiger charge is -2.35. The molecular weight excluding hydrogens is 813 g/mol. The SMILES string of the molecule is c1ccc(-c2ccc(N(c3cccc(-c4ccccc4)c3)c3ccc4oc5c6ccccc6ccc5c4c3N(c3ccc(-c4ccccc4)cc3)c3ccccc3-c3ccccc3)cc2)cc1. The van der Waals surface area contributed by atoms with Crippen LogP contribution in [0.1, 0.15) is 0 Å². The van der Waals surface area contributed by atoms with Crippen LogP contribution in [-0.4, -0.2) is 0 Å². The molecule has 1 aromatic heterocycles. The van der Waals surface area contributed by atoms with Crippen molar-refractivity contribution in [3.05, 3.63) is 267 Å². The van der Waals surface area contributed by atoms with Gasteiger partial charge in [0, 0.05) is 33.4 Å². The minimum atomic E-state index is 0.811. The summed E-state index contributed by atoms with van der Waals surface area (Å²) in [4.78, 5) is 4.89. The van der Waals surface area contributed by atoms with Gasteiger partial charge in [-0.3, -0.25) is 0 Å². The fraction of sp³-hybridized carbons (Fsp3) is 0. The highest BCUT2D eigenvalue weighted by Gasteiger charge is 2.29. The minimum Gasteiger partial charge on any atom is -0.455 e. The molecule has 12 rings (SSSR count). The molecule has 316 valence electrons. The van der Waals surface area contributed by atoms with E-state index in [1.165, 1.54) is 11.1 Å². The van der Waals surface area contributed by atoms with Gasteiger partial charge in [-0.2, -0.15) is 0 Å². The summed E-state index contributed by atoms with van der Waals surface area (Å²) in [6.45, 7) is 0. The van der Waals surface area contributed by atoms with Gasteiger partial charge in [-0.05, 0) is 105 Å². The highest BCUT2D eigenvalue weighted by atomic mass is 16.3. The molecule has 0 saturated carbocycles. The van der Waals surface area contributed by atoms with Crippen LogP contribution in [0.25, 0.3) is 77.2 Å². The van der Waals surface area contributed by atoms with Crippen LogP contribution in [-0.2, 0) is 0 Å². The Morgan fingerprint density at radius 3 is 1.43 bits per heavy atom. The van der Waals surface area contributed by atoms with E-state index in [0.717, 1.165) is 100 Å². The van der Waals surface area contributed by atoms with Crippen LogP contribution < -0.4 is 9.80 Å². The van der Waals surface area contributed by atoms with Gasteiger partial charge in [-0.15, -0.1) is 0 Å². The van der Waals surface area contributed by atoms with E-state index in [1.807, 2.05) is 0 Å². The second-order valence-electron chi connectivity index (χ2n) is 16.9. The zero-order valence-corrected chi connectivity index (χ0v) is 36.7. The Morgan fingerprint density at radius 1 is 0.284 bits per heavy atom. The first-order valence-corrected chi connectivity index (χ1v) is 22.8. The molecule has 0 radical (unpaired) electrons. The number of rotatable bonds is 10. The summed E-state index contributed by atoms with van der Waals surface area (Å²) < 4.78 is 7.06. The van der Waals surface area contributed by atoms with Gasteiger partial charge >= 0.3 is 0 Å². The Morgan fingerprint density at radius 2 is 0.791 bits per heavy atom. The molecule has 67 heavy (non-hydrogen) atoms. The van der Waals surface area contributed by atoms with Crippen molar-refractivity contribution in [1.29, 1.82) is 0 Å². The van der Waals surface area contributed by atoms with E-state index in [0.29, 0.717) is 0 Å². The average molecular weight is 857 g/mol. The molecule has 3 nitrogen and oxygen atoms in total. The van der Waals surface area contributed by atoms with Crippen molar-refractivity contribution in [3.63, 3.8) is 0 Å². The third-order valence-corrected chi connectivity index (χ3v) is 12.9. The molecule has 0 amide bonds. The van der Waals surface area contributed by atoms with Crippen LogP contribution in [0.2, 0.25) is 0 Å². The second-order valence-corrected chi connectivity index (χ2v) is 16.9. The van der Waals surface area contributed by atoms with Crippen LogP contribution in [0, 0.1) is 0 Å². The molecule has 0 saturated heterocycles. The lowest BCUT2D eigenvalue weighted by atomic mass is 9.98. The number of fused-ring (bicyclic) bond motifs is 5. The van der Waals surface area contributed by atoms with E-state index in [9.17, 15) is 0 Å². The molecule has 0 atom stereocenters. The molecule has 0 unspecified atom stereocenters. The van der Waals surface area contributed by atoms with E-state index in [-0.39, 0.29) is 0 Å². The quantitative estimate of drug-likeness (QED) is 0.137. The Kier molecular flexibility index (Phi) is 10.2. The molecule has 11 aromatic carbocycles. The fourth-order valence-electron chi connectivity index (χ4n) is 9.64. The zero-order valence-electron chi connectivity index (χ0n) is 36.7. The summed E-state index contributed by atoms with van der Waals surface area (Å²) in [5, 5.41) is 4.29. The van der Waals surface area contributed by atoms with Gasteiger partial charge in [0.2, 0.25) is 0 Å². The molecule has 0 fully saturated rings. The first kappa shape index (κ1) is 39.7. The van der Waals surface area contributed by atoms with Crippen molar-refractivity contribution in [2.75, 3.05) is 9.80 Å². The summed E-state index contributed by atoms with van der Waals surface area (Å²) in [5.74, 6) is 0. The van der Waals surface area contributed by atoms with E-state index in [1.54, 1.807) is 0 Å². The molecule has 1 heterocycles. The Balaban J connectivity index is 1.19. The predicted octanol–water partition coefficient (Wildman–Crippen LogP) is 18.3. The maximum Gasteiger partial charge on any atom is 0.143 e. The molecular formula is C64H44N2O. The Hall–Kier alpha value is -8.92. The summed E-state index contributed by atoms with van der Waals surface area (Å²) in [6.07, 6.45) is 0. The third-order valence-electron chi connectivity index (χ3n) is 12.9. The van der Waals surface area contributed by atoms with Crippen molar-refractivity contribution in [2.45, 2.75) is 0 Å².